The zero-order valence-electron chi connectivity index (χ0n) is 11.6. The summed E-state index contributed by atoms with van der Waals surface area (Å²) in [7, 11) is 0. The Morgan fingerprint density at radius 1 is 1.10 bits per heavy atom. The maximum atomic E-state index is 11.0. The summed E-state index contributed by atoms with van der Waals surface area (Å²) in [5.41, 5.74) is 3.82. The van der Waals surface area contributed by atoms with Crippen molar-refractivity contribution in [3.8, 4) is 0 Å². The molecule has 0 fully saturated rings. The minimum Gasteiger partial charge on any atom is -0.338 e. The van der Waals surface area contributed by atoms with Crippen LogP contribution in [0.2, 0.25) is 0 Å². The van der Waals surface area contributed by atoms with Gasteiger partial charge in [-0.1, -0.05) is 30.3 Å². The van der Waals surface area contributed by atoms with E-state index in [0.29, 0.717) is 0 Å². The van der Waals surface area contributed by atoms with Gasteiger partial charge in [-0.05, 0) is 35.9 Å². The summed E-state index contributed by atoms with van der Waals surface area (Å²) in [5, 5.41) is 2.74. The number of amides is 1. The zero-order chi connectivity index (χ0) is 14.7. The standard InChI is InChI=1S/C17H15N3O/c1-12(21)18-14-9-6-13(7-10-14)8-11-17-19-15-4-2-3-5-16(15)20-17/h2-11H,1H3,(H,18,21)(H,19,20)/b11-8+. The van der Waals surface area contributed by atoms with Gasteiger partial charge in [0, 0.05) is 12.6 Å². The van der Waals surface area contributed by atoms with Gasteiger partial charge in [-0.25, -0.2) is 4.98 Å². The highest BCUT2D eigenvalue weighted by molar-refractivity contribution is 5.88. The third-order valence-corrected chi connectivity index (χ3v) is 3.07. The molecule has 0 aliphatic carbocycles. The SMILES string of the molecule is CC(=O)Nc1ccc(/C=C/c2nc3ccccc3[nH]2)cc1. The van der Waals surface area contributed by atoms with Crippen LogP contribution in [0.4, 0.5) is 5.69 Å². The number of aromatic nitrogens is 2. The molecular weight excluding hydrogens is 262 g/mol. The predicted molar refractivity (Wildman–Crippen MR) is 85.8 cm³/mol. The Bertz CT molecular complexity index is 767. The van der Waals surface area contributed by atoms with Crippen molar-refractivity contribution in [2.45, 2.75) is 6.92 Å². The average molecular weight is 277 g/mol. The number of carbonyl (C=O) groups is 1. The van der Waals surface area contributed by atoms with Crippen LogP contribution in [-0.2, 0) is 4.79 Å². The van der Waals surface area contributed by atoms with Gasteiger partial charge in [0.2, 0.25) is 5.91 Å². The second-order valence-corrected chi connectivity index (χ2v) is 4.78. The van der Waals surface area contributed by atoms with Gasteiger partial charge in [0.15, 0.2) is 0 Å². The number of rotatable bonds is 3. The third-order valence-electron chi connectivity index (χ3n) is 3.07. The van der Waals surface area contributed by atoms with Crippen molar-refractivity contribution in [2.24, 2.45) is 0 Å². The maximum Gasteiger partial charge on any atom is 0.221 e. The minimum absolute atomic E-state index is 0.0689. The Hall–Kier alpha value is -2.88. The normalized spacial score (nSPS) is 11.1. The molecule has 1 aromatic heterocycles. The van der Waals surface area contributed by atoms with Crippen molar-refractivity contribution >= 4 is 34.8 Å². The molecule has 104 valence electrons. The lowest BCUT2D eigenvalue weighted by atomic mass is 10.2. The van der Waals surface area contributed by atoms with Crippen molar-refractivity contribution in [1.82, 2.24) is 9.97 Å². The first-order chi connectivity index (χ1) is 10.2. The summed E-state index contributed by atoms with van der Waals surface area (Å²) in [6.07, 6.45) is 3.92. The molecule has 0 unspecified atom stereocenters. The van der Waals surface area contributed by atoms with E-state index in [-0.39, 0.29) is 5.91 Å². The van der Waals surface area contributed by atoms with Crippen molar-refractivity contribution in [3.05, 3.63) is 59.9 Å². The molecule has 0 aliphatic rings. The molecule has 0 atom stereocenters. The molecule has 1 amide bonds. The second kappa shape index (κ2) is 5.63. The molecule has 2 N–H and O–H groups in total. The lowest BCUT2D eigenvalue weighted by molar-refractivity contribution is -0.114. The Balaban J connectivity index is 1.77. The highest BCUT2D eigenvalue weighted by atomic mass is 16.1. The highest BCUT2D eigenvalue weighted by Crippen LogP contribution is 2.14. The number of para-hydroxylation sites is 2. The molecule has 4 nitrogen and oxygen atoms in total. The van der Waals surface area contributed by atoms with Crippen molar-refractivity contribution in [1.29, 1.82) is 0 Å². The fourth-order valence-electron chi connectivity index (χ4n) is 2.11. The maximum absolute atomic E-state index is 11.0. The van der Waals surface area contributed by atoms with Gasteiger partial charge in [-0.2, -0.15) is 0 Å². The topological polar surface area (TPSA) is 57.8 Å². The minimum atomic E-state index is -0.0689. The van der Waals surface area contributed by atoms with Crippen LogP contribution in [0, 0.1) is 0 Å². The van der Waals surface area contributed by atoms with Crippen LogP contribution in [0.15, 0.2) is 48.5 Å². The molecule has 21 heavy (non-hydrogen) atoms. The molecule has 1 heterocycles. The quantitative estimate of drug-likeness (QED) is 0.767. The van der Waals surface area contributed by atoms with Crippen LogP contribution in [0.1, 0.15) is 18.3 Å². The van der Waals surface area contributed by atoms with Gasteiger partial charge in [0.05, 0.1) is 11.0 Å². The Kier molecular flexibility index (Phi) is 3.51. The van der Waals surface area contributed by atoms with Crippen LogP contribution in [0.3, 0.4) is 0 Å². The molecule has 0 saturated carbocycles. The zero-order valence-corrected chi connectivity index (χ0v) is 11.6. The number of hydrogen-bond acceptors (Lipinski definition) is 2. The molecule has 0 radical (unpaired) electrons. The van der Waals surface area contributed by atoms with E-state index >= 15 is 0 Å². The number of hydrogen-bond donors (Lipinski definition) is 2. The van der Waals surface area contributed by atoms with Crippen LogP contribution < -0.4 is 5.32 Å². The first kappa shape index (κ1) is 13.1. The summed E-state index contributed by atoms with van der Waals surface area (Å²) < 4.78 is 0. The number of carbonyl (C=O) groups excluding carboxylic acids is 1. The van der Waals surface area contributed by atoms with E-state index in [2.05, 4.69) is 15.3 Å². The first-order valence-electron chi connectivity index (χ1n) is 6.71. The lowest BCUT2D eigenvalue weighted by Crippen LogP contribution is -2.05. The summed E-state index contributed by atoms with van der Waals surface area (Å²) in [5.74, 6) is 0.753. The number of anilines is 1. The van der Waals surface area contributed by atoms with Crippen molar-refractivity contribution in [2.75, 3.05) is 5.32 Å². The smallest absolute Gasteiger partial charge is 0.221 e. The monoisotopic (exact) mass is 277 g/mol. The number of benzene rings is 2. The van der Waals surface area contributed by atoms with Gasteiger partial charge in [-0.3, -0.25) is 4.79 Å². The van der Waals surface area contributed by atoms with Crippen molar-refractivity contribution < 1.29 is 4.79 Å². The average Bonchev–Trinajstić information content (AvgIpc) is 2.89. The van der Waals surface area contributed by atoms with Gasteiger partial charge in [0.1, 0.15) is 5.82 Å². The number of fused-ring (bicyclic) bond motifs is 1. The summed E-state index contributed by atoms with van der Waals surface area (Å²) in [6, 6.07) is 15.6. The fraction of sp³-hybridized carbons (Fsp3) is 0.0588. The summed E-state index contributed by atoms with van der Waals surface area (Å²) in [4.78, 5) is 18.7. The van der Waals surface area contributed by atoms with E-state index in [1.54, 1.807) is 0 Å². The van der Waals surface area contributed by atoms with Crippen LogP contribution in [0.5, 0.6) is 0 Å². The molecule has 3 aromatic rings. The summed E-state index contributed by atoms with van der Waals surface area (Å²) >= 11 is 0. The number of nitrogens with zero attached hydrogens (tertiary/aromatic N) is 1. The third kappa shape index (κ3) is 3.17. The second-order valence-electron chi connectivity index (χ2n) is 4.78. The molecule has 0 spiro atoms. The Labute approximate surface area is 122 Å². The van der Waals surface area contributed by atoms with E-state index in [1.807, 2.05) is 60.7 Å². The number of H-pyrrole nitrogens is 1. The van der Waals surface area contributed by atoms with Crippen LogP contribution in [-0.4, -0.2) is 15.9 Å². The first-order valence-corrected chi connectivity index (χ1v) is 6.71. The van der Waals surface area contributed by atoms with Gasteiger partial charge in [-0.15, -0.1) is 0 Å². The highest BCUT2D eigenvalue weighted by Gasteiger charge is 1.98. The lowest BCUT2D eigenvalue weighted by Gasteiger charge is -2.01. The molecule has 0 saturated heterocycles. The molecular formula is C17H15N3O. The van der Waals surface area contributed by atoms with E-state index < -0.39 is 0 Å². The Morgan fingerprint density at radius 3 is 2.57 bits per heavy atom. The van der Waals surface area contributed by atoms with E-state index in [9.17, 15) is 4.79 Å². The number of nitrogens with one attached hydrogen (secondary N) is 2. The largest absolute Gasteiger partial charge is 0.338 e. The van der Waals surface area contributed by atoms with Gasteiger partial charge < -0.3 is 10.3 Å². The van der Waals surface area contributed by atoms with E-state index in [1.165, 1.54) is 6.92 Å². The summed E-state index contributed by atoms with van der Waals surface area (Å²) in [6.45, 7) is 1.50. The van der Waals surface area contributed by atoms with Gasteiger partial charge >= 0.3 is 0 Å². The number of aromatic amines is 1. The van der Waals surface area contributed by atoms with Crippen molar-refractivity contribution in [3.63, 3.8) is 0 Å². The number of imidazole rings is 1. The van der Waals surface area contributed by atoms with Crippen LogP contribution >= 0.6 is 0 Å². The Morgan fingerprint density at radius 2 is 1.86 bits per heavy atom. The molecule has 3 rings (SSSR count). The molecule has 0 bridgehead atoms. The fourth-order valence-corrected chi connectivity index (χ4v) is 2.11. The molecule has 4 heteroatoms. The van der Waals surface area contributed by atoms with Crippen LogP contribution in [0.25, 0.3) is 23.2 Å². The van der Waals surface area contributed by atoms with E-state index in [0.717, 1.165) is 28.1 Å². The molecule has 2 aromatic carbocycles. The van der Waals surface area contributed by atoms with E-state index in [4.69, 9.17) is 0 Å². The predicted octanol–water partition coefficient (Wildman–Crippen LogP) is 3.69. The van der Waals surface area contributed by atoms with Gasteiger partial charge in [0.25, 0.3) is 0 Å². The molecule has 0 aliphatic heterocycles.